The number of nitrogens with one attached hydrogen (secondary N) is 1. The molecule has 0 unspecified atom stereocenters. The molecule has 1 aromatic heterocycles. The van der Waals surface area contributed by atoms with Gasteiger partial charge >= 0.3 is 5.97 Å². The van der Waals surface area contributed by atoms with Crippen LogP contribution < -0.4 is 4.72 Å². The Bertz CT molecular complexity index is 786. The van der Waals surface area contributed by atoms with Gasteiger partial charge in [0.25, 0.3) is 10.0 Å². The first-order valence-electron chi connectivity index (χ1n) is 6.08. The second-order valence-electron chi connectivity index (χ2n) is 4.60. The smallest absolute Gasteiger partial charge is 0.337 e. The molecule has 0 atom stereocenters. The van der Waals surface area contributed by atoms with Gasteiger partial charge in [0.05, 0.1) is 11.3 Å². The van der Waals surface area contributed by atoms with Gasteiger partial charge in [-0.1, -0.05) is 6.07 Å². The average molecular weight is 306 g/mol. The number of hydrogen-bond donors (Lipinski definition) is 2. The third-order valence-corrected chi connectivity index (χ3v) is 4.23. The van der Waals surface area contributed by atoms with Gasteiger partial charge in [-0.05, 0) is 43.2 Å². The molecule has 0 saturated heterocycles. The van der Waals surface area contributed by atoms with Crippen LogP contribution in [0.2, 0.25) is 0 Å². The van der Waals surface area contributed by atoms with E-state index in [0.29, 0.717) is 5.56 Å². The minimum atomic E-state index is -3.88. The molecule has 2 rings (SSSR count). The summed E-state index contributed by atoms with van der Waals surface area (Å²) in [6.45, 7) is 3.40. The van der Waals surface area contributed by atoms with Gasteiger partial charge in [0.1, 0.15) is 4.90 Å². The largest absolute Gasteiger partial charge is 0.478 e. The van der Waals surface area contributed by atoms with Gasteiger partial charge in [-0.25, -0.2) is 13.2 Å². The lowest BCUT2D eigenvalue weighted by Gasteiger charge is -2.14. The van der Waals surface area contributed by atoms with E-state index in [-0.39, 0.29) is 16.1 Å². The standard InChI is InChI=1S/C14H14N2O4S/c1-9-6-10(2)13(12(7-9)14(17)18)16-21(19,20)11-4-3-5-15-8-11/h3-8,16H,1-2H3,(H,17,18). The van der Waals surface area contributed by atoms with Crippen LogP contribution in [-0.4, -0.2) is 24.5 Å². The lowest BCUT2D eigenvalue weighted by molar-refractivity contribution is 0.0698. The fourth-order valence-electron chi connectivity index (χ4n) is 1.97. The molecule has 0 aliphatic heterocycles. The second-order valence-corrected chi connectivity index (χ2v) is 6.29. The molecule has 0 bridgehead atoms. The molecule has 0 aliphatic rings. The van der Waals surface area contributed by atoms with Crippen LogP contribution >= 0.6 is 0 Å². The Morgan fingerprint density at radius 2 is 2.00 bits per heavy atom. The fraction of sp³-hybridized carbons (Fsp3) is 0.143. The van der Waals surface area contributed by atoms with E-state index in [9.17, 15) is 18.3 Å². The molecule has 2 N–H and O–H groups in total. The van der Waals surface area contributed by atoms with E-state index in [4.69, 9.17) is 0 Å². The van der Waals surface area contributed by atoms with Crippen molar-refractivity contribution in [2.45, 2.75) is 18.7 Å². The van der Waals surface area contributed by atoms with E-state index >= 15 is 0 Å². The number of rotatable bonds is 4. The van der Waals surface area contributed by atoms with Crippen molar-refractivity contribution >= 4 is 21.7 Å². The Morgan fingerprint density at radius 3 is 2.57 bits per heavy atom. The Kier molecular flexibility index (Phi) is 3.95. The maximum absolute atomic E-state index is 12.3. The molecule has 0 radical (unpaired) electrons. The van der Waals surface area contributed by atoms with Gasteiger partial charge in [-0.3, -0.25) is 9.71 Å². The summed E-state index contributed by atoms with van der Waals surface area (Å²) in [4.78, 5) is 15.0. The number of sulfonamides is 1. The van der Waals surface area contributed by atoms with Crippen molar-refractivity contribution in [3.8, 4) is 0 Å². The van der Waals surface area contributed by atoms with Crippen molar-refractivity contribution in [1.82, 2.24) is 4.98 Å². The number of nitrogens with zero attached hydrogens (tertiary/aromatic N) is 1. The highest BCUT2D eigenvalue weighted by molar-refractivity contribution is 7.92. The van der Waals surface area contributed by atoms with Crippen LogP contribution in [0.25, 0.3) is 0 Å². The summed E-state index contributed by atoms with van der Waals surface area (Å²) in [5.41, 5.74) is 1.27. The van der Waals surface area contributed by atoms with Crippen LogP contribution in [0.5, 0.6) is 0 Å². The van der Waals surface area contributed by atoms with Crippen molar-refractivity contribution in [3.05, 3.63) is 53.3 Å². The number of pyridine rings is 1. The zero-order chi connectivity index (χ0) is 15.6. The zero-order valence-electron chi connectivity index (χ0n) is 11.5. The van der Waals surface area contributed by atoms with Crippen molar-refractivity contribution in [1.29, 1.82) is 0 Å². The molecule has 7 heteroatoms. The minimum absolute atomic E-state index is 0.0266. The minimum Gasteiger partial charge on any atom is -0.478 e. The molecule has 0 saturated carbocycles. The van der Waals surface area contributed by atoms with Gasteiger partial charge < -0.3 is 5.11 Å². The molecule has 0 fully saturated rings. The summed E-state index contributed by atoms with van der Waals surface area (Å²) in [7, 11) is -3.88. The summed E-state index contributed by atoms with van der Waals surface area (Å²) in [6.07, 6.45) is 2.66. The fourth-order valence-corrected chi connectivity index (χ4v) is 3.09. The van der Waals surface area contributed by atoms with Crippen molar-refractivity contribution in [2.75, 3.05) is 4.72 Å². The van der Waals surface area contributed by atoms with Gasteiger partial charge in [-0.15, -0.1) is 0 Å². The number of carboxylic acid groups (broad SMARTS) is 1. The molecule has 2 aromatic rings. The van der Waals surface area contributed by atoms with Crippen LogP contribution in [0.3, 0.4) is 0 Å². The first-order chi connectivity index (χ1) is 9.81. The molecule has 6 nitrogen and oxygen atoms in total. The number of carboxylic acids is 1. The molecular weight excluding hydrogens is 292 g/mol. The maximum Gasteiger partial charge on any atom is 0.337 e. The van der Waals surface area contributed by atoms with E-state index in [1.165, 1.54) is 30.6 Å². The summed E-state index contributed by atoms with van der Waals surface area (Å²) in [5, 5.41) is 9.23. The molecule has 0 spiro atoms. The van der Waals surface area contributed by atoms with Crippen LogP contribution in [0.15, 0.2) is 41.6 Å². The average Bonchev–Trinajstić information content (AvgIpc) is 2.42. The topological polar surface area (TPSA) is 96.4 Å². The molecule has 110 valence electrons. The highest BCUT2D eigenvalue weighted by Crippen LogP contribution is 2.25. The number of anilines is 1. The Hall–Kier alpha value is -2.41. The van der Waals surface area contributed by atoms with Gasteiger partial charge in [0, 0.05) is 12.4 Å². The van der Waals surface area contributed by atoms with Crippen LogP contribution in [0.4, 0.5) is 5.69 Å². The Morgan fingerprint density at radius 1 is 1.29 bits per heavy atom. The van der Waals surface area contributed by atoms with E-state index in [2.05, 4.69) is 9.71 Å². The van der Waals surface area contributed by atoms with Gasteiger partial charge in [0.2, 0.25) is 0 Å². The molecular formula is C14H14N2O4S. The third-order valence-electron chi connectivity index (χ3n) is 2.89. The second kappa shape index (κ2) is 5.53. The zero-order valence-corrected chi connectivity index (χ0v) is 12.3. The van der Waals surface area contributed by atoms with E-state index < -0.39 is 16.0 Å². The molecule has 0 aliphatic carbocycles. The predicted octanol–water partition coefficient (Wildman–Crippen LogP) is 2.20. The SMILES string of the molecule is Cc1cc(C)c(NS(=O)(=O)c2cccnc2)c(C(=O)O)c1. The number of hydrogen-bond acceptors (Lipinski definition) is 4. The van der Waals surface area contributed by atoms with Crippen LogP contribution in [0, 0.1) is 13.8 Å². The maximum atomic E-state index is 12.3. The quantitative estimate of drug-likeness (QED) is 0.902. The number of carbonyl (C=O) groups is 1. The highest BCUT2D eigenvalue weighted by atomic mass is 32.2. The monoisotopic (exact) mass is 306 g/mol. The van der Waals surface area contributed by atoms with Crippen LogP contribution in [0.1, 0.15) is 21.5 Å². The van der Waals surface area contributed by atoms with Crippen molar-refractivity contribution < 1.29 is 18.3 Å². The summed E-state index contributed by atoms with van der Waals surface area (Å²) in [5.74, 6) is -1.19. The molecule has 21 heavy (non-hydrogen) atoms. The van der Waals surface area contributed by atoms with Crippen LogP contribution in [-0.2, 0) is 10.0 Å². The first kappa shape index (κ1) is 15.0. The van der Waals surface area contributed by atoms with Gasteiger partial charge in [-0.2, -0.15) is 0 Å². The number of aromatic carboxylic acids is 1. The Labute approximate surface area is 122 Å². The number of aryl methyl sites for hydroxylation is 2. The number of benzene rings is 1. The van der Waals surface area contributed by atoms with Crippen molar-refractivity contribution in [2.24, 2.45) is 0 Å². The van der Waals surface area contributed by atoms with E-state index in [1.54, 1.807) is 19.9 Å². The third kappa shape index (κ3) is 3.19. The lowest BCUT2D eigenvalue weighted by atomic mass is 10.0. The summed E-state index contributed by atoms with van der Waals surface area (Å²) >= 11 is 0. The first-order valence-corrected chi connectivity index (χ1v) is 7.57. The van der Waals surface area contributed by atoms with E-state index in [0.717, 1.165) is 5.56 Å². The highest BCUT2D eigenvalue weighted by Gasteiger charge is 2.20. The Balaban J connectivity index is 2.52. The lowest BCUT2D eigenvalue weighted by Crippen LogP contribution is -2.17. The predicted molar refractivity (Wildman–Crippen MR) is 77.9 cm³/mol. The summed E-state index contributed by atoms with van der Waals surface area (Å²) in [6, 6.07) is 6.03. The molecule has 1 aromatic carbocycles. The van der Waals surface area contributed by atoms with Crippen molar-refractivity contribution in [3.63, 3.8) is 0 Å². The normalized spacial score (nSPS) is 11.1. The molecule has 0 amide bonds. The van der Waals surface area contributed by atoms with E-state index in [1.807, 2.05) is 0 Å². The summed E-state index contributed by atoms with van der Waals surface area (Å²) < 4.78 is 26.9. The molecule has 1 heterocycles. The number of aromatic nitrogens is 1. The van der Waals surface area contributed by atoms with Gasteiger partial charge in [0.15, 0.2) is 0 Å².